The normalized spacial score (nSPS) is 10.9. The zero-order valence-corrected chi connectivity index (χ0v) is 17.3. The maximum atomic E-state index is 12.3. The number of hydrogen-bond acceptors (Lipinski definition) is 5. The molecule has 0 bridgehead atoms. The average Bonchev–Trinajstić information content (AvgIpc) is 3.15. The van der Waals surface area contributed by atoms with Crippen molar-refractivity contribution in [3.63, 3.8) is 0 Å². The number of aromatic carboxylic acids is 1. The summed E-state index contributed by atoms with van der Waals surface area (Å²) in [7, 11) is 0. The number of unbranched alkanes of at least 4 members (excludes halogenated alkanes) is 1. The Labute approximate surface area is 175 Å². The summed E-state index contributed by atoms with van der Waals surface area (Å²) in [4.78, 5) is 32.2. The van der Waals surface area contributed by atoms with Gasteiger partial charge in [-0.15, -0.1) is 5.10 Å². The van der Waals surface area contributed by atoms with Gasteiger partial charge in [-0.05, 0) is 35.6 Å². The van der Waals surface area contributed by atoms with E-state index in [0.717, 1.165) is 36.2 Å². The number of pyridine rings is 1. The number of rotatable bonds is 10. The van der Waals surface area contributed by atoms with Crippen LogP contribution >= 0.6 is 0 Å². The molecule has 2 aromatic heterocycles. The predicted octanol–water partition coefficient (Wildman–Crippen LogP) is 4.41. The average molecular weight is 406 g/mol. The van der Waals surface area contributed by atoms with E-state index in [9.17, 15) is 14.7 Å². The number of carbonyl (C=O) groups excluding carboxylic acids is 1. The van der Waals surface area contributed by atoms with E-state index in [-0.39, 0.29) is 11.3 Å². The molecular formula is C23H26N4O3. The highest BCUT2D eigenvalue weighted by Crippen LogP contribution is 2.24. The van der Waals surface area contributed by atoms with Crippen LogP contribution in [0.4, 0.5) is 0 Å². The third-order valence-corrected chi connectivity index (χ3v) is 4.87. The second kappa shape index (κ2) is 9.91. The van der Waals surface area contributed by atoms with Crippen molar-refractivity contribution in [1.29, 1.82) is 0 Å². The Morgan fingerprint density at radius 2 is 1.83 bits per heavy atom. The first-order valence-electron chi connectivity index (χ1n) is 10.3. The quantitative estimate of drug-likeness (QED) is 0.501. The number of carbonyl (C=O) groups is 2. The molecule has 1 aromatic carbocycles. The van der Waals surface area contributed by atoms with E-state index in [1.807, 2.05) is 28.9 Å². The molecule has 3 rings (SSSR count). The number of aryl methyl sites for hydroxylation is 1. The second-order valence-corrected chi connectivity index (χ2v) is 7.20. The fraction of sp³-hybridized carbons (Fsp3) is 0.348. The number of nitrogens with zero attached hydrogens (tertiary/aromatic N) is 4. The van der Waals surface area contributed by atoms with Crippen LogP contribution in [0.2, 0.25) is 0 Å². The first-order chi connectivity index (χ1) is 14.5. The number of benzene rings is 1. The highest BCUT2D eigenvalue weighted by atomic mass is 16.4. The zero-order chi connectivity index (χ0) is 21.5. The first kappa shape index (κ1) is 21.4. The van der Waals surface area contributed by atoms with Crippen LogP contribution in [0.1, 0.15) is 71.9 Å². The summed E-state index contributed by atoms with van der Waals surface area (Å²) in [6.45, 7) is 4.82. The predicted molar refractivity (Wildman–Crippen MR) is 114 cm³/mol. The molecule has 30 heavy (non-hydrogen) atoms. The number of aromatic nitrogens is 4. The first-order valence-corrected chi connectivity index (χ1v) is 10.3. The minimum Gasteiger partial charge on any atom is -0.478 e. The minimum atomic E-state index is -1.00. The van der Waals surface area contributed by atoms with Crippen LogP contribution in [0.25, 0.3) is 11.1 Å². The Bertz CT molecular complexity index is 1030. The Kier molecular flexibility index (Phi) is 7.06. The van der Waals surface area contributed by atoms with E-state index in [0.29, 0.717) is 30.8 Å². The molecule has 0 aliphatic heterocycles. The highest BCUT2D eigenvalue weighted by Gasteiger charge is 2.16. The fourth-order valence-electron chi connectivity index (χ4n) is 3.26. The molecule has 0 spiro atoms. The summed E-state index contributed by atoms with van der Waals surface area (Å²) in [5.74, 6) is 0.0447. The van der Waals surface area contributed by atoms with Crippen molar-refractivity contribution in [1.82, 2.24) is 19.7 Å². The molecule has 0 fully saturated rings. The Hall–Kier alpha value is -3.35. The summed E-state index contributed by atoms with van der Waals surface area (Å²) >= 11 is 0. The van der Waals surface area contributed by atoms with Crippen LogP contribution < -0.4 is 0 Å². The smallest absolute Gasteiger partial charge is 0.337 e. The van der Waals surface area contributed by atoms with Crippen molar-refractivity contribution < 1.29 is 14.7 Å². The van der Waals surface area contributed by atoms with Gasteiger partial charge in [0.2, 0.25) is 11.6 Å². The van der Waals surface area contributed by atoms with Crippen molar-refractivity contribution in [3.05, 3.63) is 65.5 Å². The van der Waals surface area contributed by atoms with Gasteiger partial charge < -0.3 is 5.11 Å². The molecule has 1 N–H and O–H groups in total. The topological polar surface area (TPSA) is 98.0 Å². The molecule has 0 aliphatic carbocycles. The van der Waals surface area contributed by atoms with Gasteiger partial charge in [-0.1, -0.05) is 44.5 Å². The molecule has 0 radical (unpaired) electrons. The van der Waals surface area contributed by atoms with Gasteiger partial charge in [-0.3, -0.25) is 9.78 Å². The minimum absolute atomic E-state index is 0.0119. The second-order valence-electron chi connectivity index (χ2n) is 7.20. The third kappa shape index (κ3) is 4.97. The molecule has 7 heteroatoms. The number of Topliss-reactive ketones (excluding diaryl/α,β-unsaturated/α-hetero) is 1. The number of ketones is 1. The molecule has 0 saturated carbocycles. The monoisotopic (exact) mass is 406 g/mol. The molecule has 0 unspecified atom stereocenters. The van der Waals surface area contributed by atoms with E-state index < -0.39 is 5.97 Å². The molecular weight excluding hydrogens is 380 g/mol. The van der Waals surface area contributed by atoms with E-state index >= 15 is 0 Å². The summed E-state index contributed by atoms with van der Waals surface area (Å²) < 4.78 is 1.82. The van der Waals surface area contributed by atoms with Crippen LogP contribution in [0.15, 0.2) is 42.7 Å². The van der Waals surface area contributed by atoms with Crippen LogP contribution in [0.5, 0.6) is 0 Å². The molecule has 0 amide bonds. The van der Waals surface area contributed by atoms with E-state index in [1.54, 1.807) is 12.3 Å². The lowest BCUT2D eigenvalue weighted by atomic mass is 10.00. The maximum Gasteiger partial charge on any atom is 0.337 e. The highest BCUT2D eigenvalue weighted by molar-refractivity contribution is 5.95. The van der Waals surface area contributed by atoms with Gasteiger partial charge in [0.15, 0.2) is 0 Å². The number of carboxylic acid groups (broad SMARTS) is 1. The van der Waals surface area contributed by atoms with Gasteiger partial charge in [0.05, 0.1) is 5.56 Å². The van der Waals surface area contributed by atoms with E-state index in [2.05, 4.69) is 28.9 Å². The van der Waals surface area contributed by atoms with Crippen LogP contribution in [-0.4, -0.2) is 36.6 Å². The lowest BCUT2D eigenvalue weighted by molar-refractivity contribution is 0.0697. The van der Waals surface area contributed by atoms with Gasteiger partial charge in [0, 0.05) is 31.8 Å². The molecule has 0 saturated heterocycles. The molecule has 0 atom stereocenters. The van der Waals surface area contributed by atoms with Crippen molar-refractivity contribution in [2.75, 3.05) is 0 Å². The van der Waals surface area contributed by atoms with E-state index in [1.165, 1.54) is 6.20 Å². The summed E-state index contributed by atoms with van der Waals surface area (Å²) in [6, 6.07) is 9.39. The summed E-state index contributed by atoms with van der Waals surface area (Å²) in [5, 5.41) is 13.8. The lowest BCUT2D eigenvalue weighted by Gasteiger charge is -2.08. The maximum absolute atomic E-state index is 12.3. The van der Waals surface area contributed by atoms with Crippen LogP contribution in [-0.2, 0) is 13.0 Å². The van der Waals surface area contributed by atoms with Crippen molar-refractivity contribution in [3.8, 4) is 11.1 Å². The fourth-order valence-corrected chi connectivity index (χ4v) is 3.26. The third-order valence-electron chi connectivity index (χ3n) is 4.87. The molecule has 2 heterocycles. The Balaban J connectivity index is 1.82. The van der Waals surface area contributed by atoms with Crippen LogP contribution in [0, 0.1) is 0 Å². The number of hydrogen-bond donors (Lipinski definition) is 1. The van der Waals surface area contributed by atoms with Gasteiger partial charge in [0.25, 0.3) is 0 Å². The van der Waals surface area contributed by atoms with Crippen LogP contribution in [0.3, 0.4) is 0 Å². The van der Waals surface area contributed by atoms with Gasteiger partial charge in [0.1, 0.15) is 5.82 Å². The van der Waals surface area contributed by atoms with Crippen molar-refractivity contribution >= 4 is 11.8 Å². The summed E-state index contributed by atoms with van der Waals surface area (Å²) in [6.07, 6.45) is 6.66. The van der Waals surface area contributed by atoms with Crippen molar-refractivity contribution in [2.45, 2.75) is 52.5 Å². The molecule has 0 aliphatic rings. The largest absolute Gasteiger partial charge is 0.478 e. The van der Waals surface area contributed by atoms with Gasteiger partial charge >= 0.3 is 5.97 Å². The Morgan fingerprint density at radius 1 is 1.07 bits per heavy atom. The molecule has 3 aromatic rings. The lowest BCUT2D eigenvalue weighted by Crippen LogP contribution is -2.06. The van der Waals surface area contributed by atoms with E-state index in [4.69, 9.17) is 0 Å². The zero-order valence-electron chi connectivity index (χ0n) is 17.3. The summed E-state index contributed by atoms with van der Waals surface area (Å²) in [5.41, 5.74) is 2.62. The number of carboxylic acids is 1. The molecule has 7 nitrogen and oxygen atoms in total. The van der Waals surface area contributed by atoms with Gasteiger partial charge in [-0.25, -0.2) is 14.5 Å². The van der Waals surface area contributed by atoms with Crippen molar-refractivity contribution in [2.24, 2.45) is 0 Å². The Morgan fingerprint density at radius 3 is 2.50 bits per heavy atom. The molecule has 156 valence electrons. The van der Waals surface area contributed by atoms with Gasteiger partial charge in [-0.2, -0.15) is 0 Å². The standard InChI is InChI=1S/C23H26N4O3/c1-3-5-6-20(28)22-25-21(27(26-22)13-4-2)14-16-7-9-17(10-8-16)18-11-12-24-15-19(18)23(29)30/h7-12,15H,3-6,13-14H2,1-2H3,(H,29,30). The SMILES string of the molecule is CCCCC(=O)c1nc(Cc2ccc(-c3ccncc3C(=O)O)cc2)n(CCC)n1.